The number of hydrogen-bond acceptors (Lipinski definition) is 2. The Morgan fingerprint density at radius 3 is 2.88 bits per heavy atom. The molecule has 0 fully saturated rings. The van der Waals surface area contributed by atoms with Crippen molar-refractivity contribution in [3.05, 3.63) is 12.3 Å². The summed E-state index contributed by atoms with van der Waals surface area (Å²) in [6.07, 6.45) is 5.19. The van der Waals surface area contributed by atoms with Gasteiger partial charge in [0.1, 0.15) is 0 Å². The maximum Gasteiger partial charge on any atom is 0.190 e. The smallest absolute Gasteiger partial charge is 0.190 e. The van der Waals surface area contributed by atoms with E-state index in [1.54, 1.807) is 18.5 Å². The van der Waals surface area contributed by atoms with E-state index in [1.165, 1.54) is 4.42 Å². The Kier molecular flexibility index (Phi) is 1.91. The second-order valence-electron chi connectivity index (χ2n) is 1.29. The van der Waals surface area contributed by atoms with Crippen LogP contribution in [0.5, 0.6) is 0 Å². The van der Waals surface area contributed by atoms with Gasteiger partial charge in [-0.15, -0.1) is 0 Å². The van der Waals surface area contributed by atoms with E-state index >= 15 is 0 Å². The van der Waals surface area contributed by atoms with Crippen LogP contribution in [0.2, 0.25) is 0 Å². The maximum absolute atomic E-state index is 5.55. The molecule has 4 heteroatoms. The van der Waals surface area contributed by atoms with Gasteiger partial charge in [-0.3, -0.25) is 9.41 Å². The summed E-state index contributed by atoms with van der Waals surface area (Å²) in [5, 5.41) is -0.103. The lowest BCUT2D eigenvalue weighted by Crippen LogP contribution is -2.15. The molecule has 0 aliphatic carbocycles. The van der Waals surface area contributed by atoms with Crippen LogP contribution in [0.4, 0.5) is 0 Å². The van der Waals surface area contributed by atoms with Crippen LogP contribution < -0.4 is 0 Å². The first-order valence-electron chi connectivity index (χ1n) is 2.09. The van der Waals surface area contributed by atoms with Crippen LogP contribution in [0, 0.1) is 0 Å². The van der Waals surface area contributed by atoms with Crippen LogP contribution in [0.15, 0.2) is 17.3 Å². The number of nitrogens with zero attached hydrogens (tertiary/aromatic N) is 2. The van der Waals surface area contributed by atoms with Crippen molar-refractivity contribution in [1.29, 1.82) is 0 Å². The van der Waals surface area contributed by atoms with Crippen LogP contribution in [0.1, 0.15) is 0 Å². The molecule has 0 N–H and O–H groups in total. The molecule has 1 aliphatic rings. The highest BCUT2D eigenvalue weighted by Crippen LogP contribution is 2.13. The highest BCUT2D eigenvalue weighted by atomic mass is 79.9. The van der Waals surface area contributed by atoms with Crippen molar-refractivity contribution in [3.63, 3.8) is 0 Å². The molecule has 1 rings (SSSR count). The minimum Gasteiger partial charge on any atom is -0.258 e. The molecule has 8 heavy (non-hydrogen) atoms. The van der Waals surface area contributed by atoms with Gasteiger partial charge in [-0.2, -0.15) is 0 Å². The van der Waals surface area contributed by atoms with Crippen molar-refractivity contribution < 1.29 is 0 Å². The van der Waals surface area contributed by atoms with Gasteiger partial charge in [0.15, 0.2) is 5.08 Å². The molecule has 0 saturated carbocycles. The number of aliphatic imine (C=N–C) groups is 1. The second kappa shape index (κ2) is 2.51. The summed E-state index contributed by atoms with van der Waals surface area (Å²) in [6, 6.07) is 0. The average molecular weight is 195 g/mol. The molecular weight excluding hydrogens is 191 g/mol. The fourth-order valence-corrected chi connectivity index (χ4v) is 0.765. The van der Waals surface area contributed by atoms with E-state index in [4.69, 9.17) is 11.8 Å². The molecule has 1 unspecified atom stereocenters. The summed E-state index contributed by atoms with van der Waals surface area (Å²) in [6.45, 7) is 0. The third-order valence-corrected chi connectivity index (χ3v) is 1.94. The van der Waals surface area contributed by atoms with E-state index in [1.807, 2.05) is 0 Å². The number of hydrogen-bond donors (Lipinski definition) is 0. The first-order chi connectivity index (χ1) is 3.80. The van der Waals surface area contributed by atoms with E-state index in [-0.39, 0.29) is 5.08 Å². The van der Waals surface area contributed by atoms with E-state index in [9.17, 15) is 0 Å². The molecule has 0 amide bonds. The molecule has 0 radical (unpaired) electrons. The topological polar surface area (TPSA) is 15.6 Å². The Labute approximate surface area is 61.1 Å². The molecule has 0 aromatic heterocycles. The lowest BCUT2D eigenvalue weighted by atomic mass is 10.6. The van der Waals surface area contributed by atoms with Crippen molar-refractivity contribution in [2.24, 2.45) is 4.99 Å². The molecule has 44 valence electrons. The van der Waals surface area contributed by atoms with Gasteiger partial charge in [-0.1, -0.05) is 0 Å². The Balaban J connectivity index is 2.59. The number of rotatable bonds is 0. The monoisotopic (exact) mass is 194 g/mol. The number of allylic oxidation sites excluding steroid dienone is 1. The Hall–Kier alpha value is -0.0200. The number of halogens is 2. The second-order valence-corrected chi connectivity index (χ2v) is 2.50. The molecular formula is C4H4BrClN2. The van der Waals surface area contributed by atoms with Crippen molar-refractivity contribution >= 4 is 33.9 Å². The third kappa shape index (κ3) is 1.23. The van der Waals surface area contributed by atoms with Gasteiger partial charge in [-0.05, 0) is 22.0 Å². The molecule has 0 aromatic rings. The predicted octanol–water partition coefficient (Wildman–Crippen LogP) is 1.72. The third-order valence-electron chi connectivity index (χ3n) is 0.727. The molecule has 0 aromatic carbocycles. The largest absolute Gasteiger partial charge is 0.258 e. The Morgan fingerprint density at radius 1 is 1.75 bits per heavy atom. The van der Waals surface area contributed by atoms with Gasteiger partial charge in [0.25, 0.3) is 0 Å². The van der Waals surface area contributed by atoms with Crippen LogP contribution >= 0.6 is 27.7 Å². The summed E-state index contributed by atoms with van der Waals surface area (Å²) in [4.78, 5) is 3.91. The minimum atomic E-state index is -0.103. The quantitative estimate of drug-likeness (QED) is 0.326. The molecule has 0 spiro atoms. The summed E-state index contributed by atoms with van der Waals surface area (Å²) >= 11 is 8.75. The molecule has 1 atom stereocenters. The van der Waals surface area contributed by atoms with Gasteiger partial charge in [0, 0.05) is 24.2 Å². The summed E-state index contributed by atoms with van der Waals surface area (Å²) in [5.41, 5.74) is 0. The van der Waals surface area contributed by atoms with Gasteiger partial charge in [0.05, 0.1) is 0 Å². The van der Waals surface area contributed by atoms with Gasteiger partial charge >= 0.3 is 0 Å². The zero-order valence-corrected chi connectivity index (χ0v) is 6.30. The summed E-state index contributed by atoms with van der Waals surface area (Å²) in [5.74, 6) is 0. The van der Waals surface area contributed by atoms with E-state index in [0.717, 1.165) is 0 Å². The van der Waals surface area contributed by atoms with E-state index in [0.29, 0.717) is 0 Å². The van der Waals surface area contributed by atoms with E-state index in [2.05, 4.69) is 20.9 Å². The van der Waals surface area contributed by atoms with Crippen LogP contribution in [0.25, 0.3) is 0 Å². The fraction of sp³-hybridized carbons (Fsp3) is 0.250. The highest BCUT2D eigenvalue weighted by molar-refractivity contribution is 9.09. The zero-order chi connectivity index (χ0) is 5.98. The molecule has 0 saturated heterocycles. The standard InChI is InChI=1S/C4H4BrClN2/c5-4-7-2-1-3-8(4)6/h1-4H. The Bertz CT molecular complexity index is 118. The Morgan fingerprint density at radius 2 is 2.50 bits per heavy atom. The van der Waals surface area contributed by atoms with Crippen LogP contribution in [-0.4, -0.2) is 15.7 Å². The van der Waals surface area contributed by atoms with Crippen LogP contribution in [-0.2, 0) is 0 Å². The fourth-order valence-electron chi connectivity index (χ4n) is 0.376. The first kappa shape index (κ1) is 6.11. The normalized spacial score (nSPS) is 26.8. The summed E-state index contributed by atoms with van der Waals surface area (Å²) in [7, 11) is 0. The van der Waals surface area contributed by atoms with Crippen molar-refractivity contribution in [1.82, 2.24) is 4.42 Å². The molecule has 1 heterocycles. The van der Waals surface area contributed by atoms with Crippen molar-refractivity contribution in [2.75, 3.05) is 0 Å². The average Bonchev–Trinajstić information content (AvgIpc) is 1.77. The number of alkyl halides is 1. The summed E-state index contributed by atoms with van der Waals surface area (Å²) < 4.78 is 1.44. The lowest BCUT2D eigenvalue weighted by molar-refractivity contribution is 0.583. The maximum atomic E-state index is 5.55. The predicted molar refractivity (Wildman–Crippen MR) is 38.0 cm³/mol. The van der Waals surface area contributed by atoms with Crippen molar-refractivity contribution in [3.8, 4) is 0 Å². The minimum absolute atomic E-state index is 0.103. The first-order valence-corrected chi connectivity index (χ1v) is 3.34. The van der Waals surface area contributed by atoms with Crippen LogP contribution in [0.3, 0.4) is 0 Å². The van der Waals surface area contributed by atoms with Gasteiger partial charge in [0.2, 0.25) is 0 Å². The highest BCUT2D eigenvalue weighted by Gasteiger charge is 2.06. The SMILES string of the molecule is ClN1C=CC=NC1Br. The van der Waals surface area contributed by atoms with Gasteiger partial charge < -0.3 is 0 Å². The zero-order valence-electron chi connectivity index (χ0n) is 3.96. The molecule has 1 aliphatic heterocycles. The van der Waals surface area contributed by atoms with E-state index < -0.39 is 0 Å². The molecule has 2 nitrogen and oxygen atoms in total. The van der Waals surface area contributed by atoms with Crippen molar-refractivity contribution in [2.45, 2.75) is 5.08 Å². The van der Waals surface area contributed by atoms with Gasteiger partial charge in [-0.25, -0.2) is 0 Å². The molecule has 0 bridgehead atoms. The lowest BCUT2D eigenvalue weighted by Gasteiger charge is -2.15.